The number of para-hydroxylation sites is 7. The molecule has 1 aliphatic heterocycles. The molecular formula is C39H26I3N5. The van der Waals surface area contributed by atoms with E-state index in [1.165, 1.54) is 38.5 Å². The van der Waals surface area contributed by atoms with Crippen LogP contribution in [0.4, 0.5) is 0 Å². The molecule has 0 atom stereocenters. The molecule has 0 spiro atoms. The minimum absolute atomic E-state index is 0.949. The highest BCUT2D eigenvalue weighted by molar-refractivity contribution is 14.1. The van der Waals surface area contributed by atoms with Crippen molar-refractivity contribution < 1.29 is 0 Å². The third-order valence-electron chi connectivity index (χ3n) is 8.17. The second-order valence-corrected chi connectivity index (χ2v) is 14.9. The predicted molar refractivity (Wildman–Crippen MR) is 218 cm³/mol. The molecule has 228 valence electrons. The fourth-order valence-corrected chi connectivity index (χ4v) is 8.40. The lowest BCUT2D eigenvalue weighted by molar-refractivity contribution is 1.02. The summed E-state index contributed by atoms with van der Waals surface area (Å²) in [4.78, 5) is 9.55. The second-order valence-electron chi connectivity index (χ2n) is 11.1. The average molecular weight is 945 g/mol. The standard InChI is InChI=1S/C19H12IN3.C14H10N2.C6H4I2/c20-13-6-5-7-14(12-13)22-17-10-3-4-11-18(17)23-16-9-2-1-8-15(16)21-19(22)23;1-3-7-12-10(5-1)9-14-15-11-6-2-4-8-13(11)16(12)14;7-5-2-1-3-6(8)4-5/h1-12H;1-8H,9H2;1-4H. The molecule has 0 radical (unpaired) electrons. The Bertz CT molecular complexity index is 2540. The largest absolute Gasteiger partial charge is 0.296 e. The van der Waals surface area contributed by atoms with Crippen LogP contribution in [0.5, 0.6) is 0 Å². The van der Waals surface area contributed by atoms with Gasteiger partial charge in [-0.3, -0.25) is 13.5 Å². The summed E-state index contributed by atoms with van der Waals surface area (Å²) < 4.78 is 10.6. The van der Waals surface area contributed by atoms with E-state index < -0.39 is 0 Å². The molecule has 9 aromatic rings. The maximum Gasteiger partial charge on any atom is 0.220 e. The van der Waals surface area contributed by atoms with Crippen molar-refractivity contribution in [1.29, 1.82) is 0 Å². The molecule has 0 unspecified atom stereocenters. The molecule has 5 nitrogen and oxygen atoms in total. The van der Waals surface area contributed by atoms with Gasteiger partial charge in [-0.15, -0.1) is 0 Å². The molecule has 0 saturated carbocycles. The summed E-state index contributed by atoms with van der Waals surface area (Å²) in [6.45, 7) is 0. The second kappa shape index (κ2) is 13.0. The summed E-state index contributed by atoms with van der Waals surface area (Å²) in [7, 11) is 0. The zero-order valence-corrected chi connectivity index (χ0v) is 31.4. The van der Waals surface area contributed by atoms with E-state index in [9.17, 15) is 0 Å². The van der Waals surface area contributed by atoms with Crippen molar-refractivity contribution in [2.45, 2.75) is 6.42 Å². The maximum atomic E-state index is 4.88. The summed E-state index contributed by atoms with van der Waals surface area (Å²) in [5.74, 6) is 2.11. The Hall–Kier alpha value is -3.75. The molecule has 47 heavy (non-hydrogen) atoms. The molecule has 0 saturated heterocycles. The molecule has 0 aliphatic carbocycles. The Morgan fingerprint density at radius 2 is 1.04 bits per heavy atom. The number of nitrogens with zero attached hydrogens (tertiary/aromatic N) is 5. The number of aromatic nitrogens is 5. The summed E-state index contributed by atoms with van der Waals surface area (Å²) >= 11 is 6.95. The Morgan fingerprint density at radius 3 is 1.74 bits per heavy atom. The van der Waals surface area contributed by atoms with Gasteiger partial charge in [-0.2, -0.15) is 0 Å². The lowest BCUT2D eigenvalue weighted by atomic mass is 10.1. The molecule has 3 aromatic heterocycles. The van der Waals surface area contributed by atoms with Crippen LogP contribution < -0.4 is 0 Å². The van der Waals surface area contributed by atoms with E-state index in [0.717, 1.165) is 40.3 Å². The first-order valence-corrected chi connectivity index (χ1v) is 18.4. The van der Waals surface area contributed by atoms with E-state index in [0.29, 0.717) is 0 Å². The first-order chi connectivity index (χ1) is 23.0. The van der Waals surface area contributed by atoms with Crippen molar-refractivity contribution >= 4 is 107 Å². The van der Waals surface area contributed by atoms with Gasteiger partial charge in [-0.05, 0) is 152 Å². The van der Waals surface area contributed by atoms with Crippen molar-refractivity contribution in [1.82, 2.24) is 23.5 Å². The van der Waals surface area contributed by atoms with E-state index >= 15 is 0 Å². The normalized spacial score (nSPS) is 11.6. The van der Waals surface area contributed by atoms with Crippen molar-refractivity contribution in [2.75, 3.05) is 0 Å². The SMILES string of the molecule is Ic1cccc(-n2c3ccccc3n3c4ccccc4nc23)c1.Ic1cccc(I)c1.c1ccc2c(c1)Cc1nc3ccccc3n1-2. The number of imidazole rings is 3. The van der Waals surface area contributed by atoms with Crippen LogP contribution in [0.3, 0.4) is 0 Å². The summed E-state index contributed by atoms with van der Waals surface area (Å²) in [5.41, 5.74) is 10.6. The van der Waals surface area contributed by atoms with E-state index in [2.05, 4.69) is 220 Å². The van der Waals surface area contributed by atoms with Gasteiger partial charge in [0.2, 0.25) is 5.78 Å². The fraction of sp³-hybridized carbons (Fsp3) is 0.0256. The van der Waals surface area contributed by atoms with E-state index in [-0.39, 0.29) is 0 Å². The molecule has 6 aromatic carbocycles. The van der Waals surface area contributed by atoms with Crippen LogP contribution in [-0.2, 0) is 6.42 Å². The molecular weight excluding hydrogens is 919 g/mol. The lowest BCUT2D eigenvalue weighted by Gasteiger charge is -2.05. The monoisotopic (exact) mass is 945 g/mol. The first kappa shape index (κ1) is 30.6. The van der Waals surface area contributed by atoms with Gasteiger partial charge in [0.1, 0.15) is 5.82 Å². The van der Waals surface area contributed by atoms with Gasteiger partial charge < -0.3 is 0 Å². The summed E-state index contributed by atoms with van der Waals surface area (Å²) in [5, 5.41) is 0. The Labute approximate surface area is 312 Å². The highest BCUT2D eigenvalue weighted by atomic mass is 127. The van der Waals surface area contributed by atoms with Crippen molar-refractivity contribution in [3.05, 3.63) is 168 Å². The number of rotatable bonds is 1. The van der Waals surface area contributed by atoms with Gasteiger partial charge in [0, 0.05) is 17.1 Å². The van der Waals surface area contributed by atoms with Crippen LogP contribution >= 0.6 is 67.8 Å². The molecule has 0 N–H and O–H groups in total. The van der Waals surface area contributed by atoms with Gasteiger partial charge >= 0.3 is 0 Å². The lowest BCUT2D eigenvalue weighted by Crippen LogP contribution is -1.95. The third-order valence-corrected chi connectivity index (χ3v) is 10.2. The van der Waals surface area contributed by atoms with Gasteiger partial charge in [0.05, 0.1) is 44.5 Å². The number of benzene rings is 6. The number of halogens is 3. The van der Waals surface area contributed by atoms with Crippen LogP contribution in [0.25, 0.3) is 50.3 Å². The van der Waals surface area contributed by atoms with Gasteiger partial charge in [0.15, 0.2) is 0 Å². The fourth-order valence-electron chi connectivity index (χ4n) is 6.19. The topological polar surface area (TPSA) is 40.1 Å². The molecule has 0 fully saturated rings. The van der Waals surface area contributed by atoms with Crippen molar-refractivity contribution in [3.8, 4) is 11.4 Å². The minimum atomic E-state index is 0.949. The highest BCUT2D eigenvalue weighted by Gasteiger charge is 2.21. The quantitative estimate of drug-likeness (QED) is 0.154. The Morgan fingerprint density at radius 1 is 0.468 bits per heavy atom. The third kappa shape index (κ3) is 5.84. The molecule has 0 bridgehead atoms. The van der Waals surface area contributed by atoms with Crippen LogP contribution in [0, 0.1) is 10.7 Å². The van der Waals surface area contributed by atoms with Crippen LogP contribution in [-0.4, -0.2) is 23.5 Å². The van der Waals surface area contributed by atoms with Gasteiger partial charge in [-0.25, -0.2) is 9.97 Å². The molecule has 0 amide bonds. The summed E-state index contributed by atoms with van der Waals surface area (Å²) in [6.07, 6.45) is 0.949. The molecule has 8 heteroatoms. The van der Waals surface area contributed by atoms with E-state index in [1.807, 2.05) is 12.1 Å². The van der Waals surface area contributed by atoms with E-state index in [1.54, 1.807) is 0 Å². The Balaban J connectivity index is 0.000000117. The van der Waals surface area contributed by atoms with Crippen molar-refractivity contribution in [2.24, 2.45) is 0 Å². The van der Waals surface area contributed by atoms with E-state index in [4.69, 9.17) is 4.98 Å². The van der Waals surface area contributed by atoms with Gasteiger partial charge in [0.25, 0.3) is 0 Å². The molecule has 10 rings (SSSR count). The van der Waals surface area contributed by atoms with Crippen LogP contribution in [0.1, 0.15) is 11.4 Å². The van der Waals surface area contributed by atoms with Crippen LogP contribution in [0.2, 0.25) is 0 Å². The predicted octanol–water partition coefficient (Wildman–Crippen LogP) is 10.9. The smallest absolute Gasteiger partial charge is 0.220 e. The number of hydrogen-bond donors (Lipinski definition) is 0. The number of fused-ring (bicyclic) bond motifs is 10. The van der Waals surface area contributed by atoms with Crippen molar-refractivity contribution in [3.63, 3.8) is 0 Å². The molecule has 4 heterocycles. The van der Waals surface area contributed by atoms with Crippen LogP contribution in [0.15, 0.2) is 146 Å². The maximum absolute atomic E-state index is 4.88. The minimum Gasteiger partial charge on any atom is -0.296 e. The highest BCUT2D eigenvalue weighted by Crippen LogP contribution is 2.32. The average Bonchev–Trinajstić information content (AvgIpc) is 3.82. The zero-order chi connectivity index (χ0) is 31.9. The first-order valence-electron chi connectivity index (χ1n) is 15.1. The summed E-state index contributed by atoms with van der Waals surface area (Å²) in [6, 6.07) is 50.5. The van der Waals surface area contributed by atoms with Gasteiger partial charge in [-0.1, -0.05) is 66.7 Å². The number of hydrogen-bond acceptors (Lipinski definition) is 2. The molecule has 1 aliphatic rings. The Kier molecular flexibility index (Phi) is 8.48. The zero-order valence-electron chi connectivity index (χ0n) is 24.9.